The van der Waals surface area contributed by atoms with Gasteiger partial charge in [-0.2, -0.15) is 0 Å². The van der Waals surface area contributed by atoms with Crippen molar-refractivity contribution in [2.75, 3.05) is 0 Å². The van der Waals surface area contributed by atoms with E-state index in [1.54, 1.807) is 0 Å². The lowest BCUT2D eigenvalue weighted by atomic mass is 9.86. The maximum absolute atomic E-state index is 11.3. The van der Waals surface area contributed by atoms with Gasteiger partial charge in [-0.3, -0.25) is 4.79 Å². The van der Waals surface area contributed by atoms with Crippen molar-refractivity contribution in [2.45, 2.75) is 39.0 Å². The summed E-state index contributed by atoms with van der Waals surface area (Å²) in [7, 11) is 0. The third-order valence-electron chi connectivity index (χ3n) is 4.07. The lowest BCUT2D eigenvalue weighted by Gasteiger charge is -2.18. The summed E-state index contributed by atoms with van der Waals surface area (Å²) in [5, 5.41) is 10.6. The summed E-state index contributed by atoms with van der Waals surface area (Å²) in [4.78, 5) is 14.7. The minimum absolute atomic E-state index is 0.361. The number of rotatable bonds is 1. The van der Waals surface area contributed by atoms with Crippen LogP contribution in [0.1, 0.15) is 41.1 Å². The third kappa shape index (κ3) is 1.47. The van der Waals surface area contributed by atoms with Crippen LogP contribution in [0.25, 0.3) is 10.9 Å². The van der Waals surface area contributed by atoms with E-state index in [1.165, 1.54) is 22.1 Å². The number of carboxylic acids is 1. The van der Waals surface area contributed by atoms with Crippen LogP contribution >= 0.6 is 0 Å². The first-order valence-corrected chi connectivity index (χ1v) is 6.43. The van der Waals surface area contributed by atoms with E-state index in [4.69, 9.17) is 0 Å². The number of benzene rings is 1. The average molecular weight is 243 g/mol. The SMILES string of the molecule is Cc1ccc(C)c2c3c([nH]c12)C(C(=O)O)CCC3. The van der Waals surface area contributed by atoms with Crippen molar-refractivity contribution < 1.29 is 9.90 Å². The van der Waals surface area contributed by atoms with Crippen LogP contribution in [0.4, 0.5) is 0 Å². The van der Waals surface area contributed by atoms with Gasteiger partial charge in [-0.1, -0.05) is 12.1 Å². The second kappa shape index (κ2) is 3.87. The molecule has 3 rings (SSSR count). The molecule has 0 spiro atoms. The summed E-state index contributed by atoms with van der Waals surface area (Å²) in [6.45, 7) is 4.17. The van der Waals surface area contributed by atoms with Gasteiger partial charge in [0.1, 0.15) is 0 Å². The highest BCUT2D eigenvalue weighted by Gasteiger charge is 2.29. The Morgan fingerprint density at radius 2 is 2.06 bits per heavy atom. The fourth-order valence-corrected chi connectivity index (χ4v) is 3.14. The Labute approximate surface area is 106 Å². The van der Waals surface area contributed by atoms with E-state index in [0.29, 0.717) is 0 Å². The Balaban J connectivity index is 2.34. The number of fused-ring (bicyclic) bond motifs is 3. The molecule has 1 unspecified atom stereocenters. The van der Waals surface area contributed by atoms with Crippen molar-refractivity contribution in [2.24, 2.45) is 0 Å². The summed E-state index contributed by atoms with van der Waals surface area (Å²) in [6, 6.07) is 4.21. The molecule has 1 aromatic heterocycles. The number of aromatic nitrogens is 1. The Kier molecular flexibility index (Phi) is 2.44. The molecule has 0 radical (unpaired) electrons. The van der Waals surface area contributed by atoms with Crippen LogP contribution in [0, 0.1) is 13.8 Å². The van der Waals surface area contributed by atoms with Crippen molar-refractivity contribution >= 4 is 16.9 Å². The minimum Gasteiger partial charge on any atom is -0.481 e. The van der Waals surface area contributed by atoms with Gasteiger partial charge in [0.2, 0.25) is 0 Å². The minimum atomic E-state index is -0.710. The molecule has 1 heterocycles. The molecule has 0 amide bonds. The highest BCUT2D eigenvalue weighted by atomic mass is 16.4. The number of nitrogens with one attached hydrogen (secondary N) is 1. The lowest BCUT2D eigenvalue weighted by molar-refractivity contribution is -0.139. The molecule has 1 aromatic carbocycles. The fourth-order valence-electron chi connectivity index (χ4n) is 3.14. The smallest absolute Gasteiger partial charge is 0.312 e. The van der Waals surface area contributed by atoms with Crippen LogP contribution in [0.3, 0.4) is 0 Å². The Morgan fingerprint density at radius 1 is 1.33 bits per heavy atom. The number of aromatic amines is 1. The monoisotopic (exact) mass is 243 g/mol. The zero-order valence-corrected chi connectivity index (χ0v) is 10.7. The normalized spacial score (nSPS) is 18.9. The van der Waals surface area contributed by atoms with E-state index >= 15 is 0 Å². The van der Waals surface area contributed by atoms with Crippen LogP contribution in [0.2, 0.25) is 0 Å². The van der Waals surface area contributed by atoms with Crippen LogP contribution in [0.15, 0.2) is 12.1 Å². The highest BCUT2D eigenvalue weighted by molar-refractivity contribution is 5.92. The number of hydrogen-bond acceptors (Lipinski definition) is 1. The maximum atomic E-state index is 11.3. The second-order valence-corrected chi connectivity index (χ2v) is 5.25. The van der Waals surface area contributed by atoms with E-state index in [2.05, 4.69) is 31.0 Å². The van der Waals surface area contributed by atoms with Gasteiger partial charge in [0.05, 0.1) is 5.92 Å². The van der Waals surface area contributed by atoms with E-state index < -0.39 is 5.97 Å². The molecule has 3 heteroatoms. The molecule has 0 bridgehead atoms. The molecule has 1 atom stereocenters. The number of aryl methyl sites for hydroxylation is 3. The number of carboxylic acid groups (broad SMARTS) is 1. The number of hydrogen-bond donors (Lipinski definition) is 2. The van der Waals surface area contributed by atoms with Crippen LogP contribution < -0.4 is 0 Å². The Bertz CT molecular complexity index is 639. The van der Waals surface area contributed by atoms with Crippen molar-refractivity contribution in [1.82, 2.24) is 4.98 Å². The predicted octanol–water partition coefficient (Wildman–Crippen LogP) is 3.29. The lowest BCUT2D eigenvalue weighted by Crippen LogP contribution is -2.17. The molecule has 2 N–H and O–H groups in total. The summed E-state index contributed by atoms with van der Waals surface area (Å²) in [5.74, 6) is -1.07. The second-order valence-electron chi connectivity index (χ2n) is 5.25. The van der Waals surface area contributed by atoms with E-state index in [9.17, 15) is 9.90 Å². The van der Waals surface area contributed by atoms with Gasteiger partial charge >= 0.3 is 5.97 Å². The largest absolute Gasteiger partial charge is 0.481 e. The zero-order valence-electron chi connectivity index (χ0n) is 10.7. The molecule has 94 valence electrons. The summed E-state index contributed by atoms with van der Waals surface area (Å²) in [6.07, 6.45) is 2.70. The molecule has 1 aliphatic carbocycles. The van der Waals surface area contributed by atoms with Gasteiger partial charge in [0, 0.05) is 16.6 Å². The first kappa shape index (κ1) is 11.3. The molecule has 1 aliphatic rings. The maximum Gasteiger partial charge on any atom is 0.312 e. The van der Waals surface area contributed by atoms with Gasteiger partial charge in [0.25, 0.3) is 0 Å². The number of carbonyl (C=O) groups is 1. The van der Waals surface area contributed by atoms with Gasteiger partial charge < -0.3 is 10.1 Å². The Hall–Kier alpha value is -1.77. The molecule has 0 saturated heterocycles. The van der Waals surface area contributed by atoms with Crippen LogP contribution in [-0.4, -0.2) is 16.1 Å². The summed E-state index contributed by atoms with van der Waals surface area (Å²) >= 11 is 0. The van der Waals surface area contributed by atoms with E-state index in [0.717, 1.165) is 30.5 Å². The topological polar surface area (TPSA) is 53.1 Å². The van der Waals surface area contributed by atoms with Gasteiger partial charge in [0.15, 0.2) is 0 Å². The van der Waals surface area contributed by atoms with Crippen molar-refractivity contribution in [3.63, 3.8) is 0 Å². The van der Waals surface area contributed by atoms with Crippen molar-refractivity contribution in [3.8, 4) is 0 Å². The summed E-state index contributed by atoms with van der Waals surface area (Å²) in [5.41, 5.74) is 5.70. The zero-order chi connectivity index (χ0) is 12.9. The van der Waals surface area contributed by atoms with Gasteiger partial charge in [-0.05, 0) is 49.8 Å². The first-order chi connectivity index (χ1) is 8.59. The van der Waals surface area contributed by atoms with Crippen molar-refractivity contribution in [3.05, 3.63) is 34.5 Å². The molecule has 0 fully saturated rings. The first-order valence-electron chi connectivity index (χ1n) is 6.43. The quantitative estimate of drug-likeness (QED) is 0.807. The molecule has 0 saturated carbocycles. The third-order valence-corrected chi connectivity index (χ3v) is 4.07. The molecular weight excluding hydrogens is 226 g/mol. The number of H-pyrrole nitrogens is 1. The molecule has 3 nitrogen and oxygen atoms in total. The summed E-state index contributed by atoms with van der Waals surface area (Å²) < 4.78 is 0. The van der Waals surface area contributed by atoms with Gasteiger partial charge in [-0.15, -0.1) is 0 Å². The van der Waals surface area contributed by atoms with Crippen LogP contribution in [0.5, 0.6) is 0 Å². The molecule has 18 heavy (non-hydrogen) atoms. The molecule has 2 aromatic rings. The van der Waals surface area contributed by atoms with Crippen LogP contribution in [-0.2, 0) is 11.2 Å². The van der Waals surface area contributed by atoms with E-state index in [1.807, 2.05) is 0 Å². The van der Waals surface area contributed by atoms with Crippen molar-refractivity contribution in [1.29, 1.82) is 0 Å². The number of aliphatic carboxylic acids is 1. The van der Waals surface area contributed by atoms with E-state index in [-0.39, 0.29) is 5.92 Å². The standard InChI is InChI=1S/C15H17NO2/c1-8-6-7-9(2)13-12(8)10-4-3-5-11(15(17)18)14(10)16-13/h6-7,11,16H,3-5H2,1-2H3,(H,17,18). The average Bonchev–Trinajstić information content (AvgIpc) is 2.74. The fraction of sp³-hybridized carbons (Fsp3) is 0.400. The van der Waals surface area contributed by atoms with Gasteiger partial charge in [-0.25, -0.2) is 0 Å². The highest BCUT2D eigenvalue weighted by Crippen LogP contribution is 2.38. The molecule has 0 aliphatic heterocycles. The Morgan fingerprint density at radius 3 is 2.78 bits per heavy atom. The predicted molar refractivity (Wildman–Crippen MR) is 71.1 cm³/mol. The molecular formula is C15H17NO2.